The van der Waals surface area contributed by atoms with Crippen LogP contribution in [0.3, 0.4) is 0 Å². The lowest BCUT2D eigenvalue weighted by atomic mass is 9.99. The van der Waals surface area contributed by atoms with Crippen LogP contribution in [-0.2, 0) is 10.0 Å². The second-order valence-electron chi connectivity index (χ2n) is 6.10. The number of nitrogens with one attached hydrogen (secondary N) is 2. The van der Waals surface area contributed by atoms with Crippen LogP contribution in [-0.4, -0.2) is 58.3 Å². The largest absolute Gasteiger partial charge is 0.357 e. The maximum atomic E-state index is 11.0. The van der Waals surface area contributed by atoms with E-state index in [0.29, 0.717) is 25.4 Å². The van der Waals surface area contributed by atoms with Crippen molar-refractivity contribution in [2.45, 2.75) is 25.7 Å². The third kappa shape index (κ3) is 6.13. The summed E-state index contributed by atoms with van der Waals surface area (Å²) in [6, 6.07) is 10.6. The highest BCUT2D eigenvalue weighted by atomic mass is 32.2. The number of aliphatic imine (C=N–C) groups is 1. The Bertz CT molecular complexity index is 631. The summed E-state index contributed by atoms with van der Waals surface area (Å²) in [5.41, 5.74) is 1.38. The van der Waals surface area contributed by atoms with Gasteiger partial charge < -0.3 is 10.2 Å². The maximum Gasteiger partial charge on any atom is 0.208 e. The molecule has 0 radical (unpaired) electrons. The van der Waals surface area contributed by atoms with Gasteiger partial charge in [0.1, 0.15) is 0 Å². The third-order valence-electron chi connectivity index (χ3n) is 4.05. The molecule has 2 rings (SSSR count). The second kappa shape index (κ2) is 9.03. The van der Waals surface area contributed by atoms with Gasteiger partial charge in [0, 0.05) is 38.6 Å². The molecule has 134 valence electrons. The molecule has 1 aromatic carbocycles. The Kier molecular flexibility index (Phi) is 7.05. The summed E-state index contributed by atoms with van der Waals surface area (Å²) in [4.78, 5) is 6.94. The first-order valence-corrected chi connectivity index (χ1v) is 10.4. The van der Waals surface area contributed by atoms with Crippen molar-refractivity contribution in [3.05, 3.63) is 35.9 Å². The number of sulfonamides is 1. The summed E-state index contributed by atoms with van der Waals surface area (Å²) in [6.07, 6.45) is 3.00. The molecule has 1 aliphatic heterocycles. The van der Waals surface area contributed by atoms with Crippen molar-refractivity contribution in [3.8, 4) is 0 Å². The fourth-order valence-corrected chi connectivity index (χ4v) is 3.41. The van der Waals surface area contributed by atoms with E-state index >= 15 is 0 Å². The third-order valence-corrected chi connectivity index (χ3v) is 4.78. The lowest BCUT2D eigenvalue weighted by Gasteiger charge is -2.21. The monoisotopic (exact) mass is 352 g/mol. The van der Waals surface area contributed by atoms with Gasteiger partial charge in [-0.05, 0) is 25.3 Å². The van der Waals surface area contributed by atoms with Crippen molar-refractivity contribution in [1.82, 2.24) is 14.9 Å². The molecular weight excluding hydrogens is 324 g/mol. The van der Waals surface area contributed by atoms with Crippen LogP contribution in [0.2, 0.25) is 0 Å². The van der Waals surface area contributed by atoms with Gasteiger partial charge in [0.15, 0.2) is 5.96 Å². The Balaban J connectivity index is 1.87. The number of hydrogen-bond acceptors (Lipinski definition) is 3. The van der Waals surface area contributed by atoms with Crippen LogP contribution in [0.4, 0.5) is 0 Å². The molecule has 1 heterocycles. The summed E-state index contributed by atoms with van der Waals surface area (Å²) in [6.45, 7) is 5.88. The van der Waals surface area contributed by atoms with Crippen molar-refractivity contribution in [2.24, 2.45) is 4.99 Å². The number of likely N-dealkylation sites (tertiary alicyclic amines) is 1. The number of rotatable bonds is 7. The minimum Gasteiger partial charge on any atom is -0.357 e. The standard InChI is InChI=1S/C17H28N4O2S/c1-3-18-17(19-11-7-12-20-24(2,22)23)21-13-10-16(14-21)15-8-5-4-6-9-15/h4-6,8-9,16,20H,3,7,10-14H2,1-2H3,(H,18,19). The van der Waals surface area contributed by atoms with Crippen LogP contribution in [0.15, 0.2) is 35.3 Å². The van der Waals surface area contributed by atoms with Gasteiger partial charge >= 0.3 is 0 Å². The summed E-state index contributed by atoms with van der Waals surface area (Å²) in [5, 5.41) is 3.34. The molecule has 7 heteroatoms. The normalized spacial score (nSPS) is 18.8. The van der Waals surface area contributed by atoms with E-state index in [-0.39, 0.29) is 0 Å². The average molecular weight is 353 g/mol. The van der Waals surface area contributed by atoms with Gasteiger partial charge in [0.25, 0.3) is 0 Å². The van der Waals surface area contributed by atoms with Crippen LogP contribution in [0.5, 0.6) is 0 Å². The Hall–Kier alpha value is -1.60. The van der Waals surface area contributed by atoms with Crippen molar-refractivity contribution in [3.63, 3.8) is 0 Å². The van der Waals surface area contributed by atoms with Gasteiger partial charge in [-0.1, -0.05) is 30.3 Å². The SMILES string of the molecule is CCNC(=NCCCNS(C)(=O)=O)N1CCC(c2ccccc2)C1. The Morgan fingerprint density at radius 3 is 2.75 bits per heavy atom. The number of benzene rings is 1. The summed E-state index contributed by atoms with van der Waals surface area (Å²) in [7, 11) is -3.11. The van der Waals surface area contributed by atoms with E-state index in [1.54, 1.807) is 0 Å². The predicted octanol–water partition coefficient (Wildman–Crippen LogP) is 1.38. The zero-order chi connectivity index (χ0) is 17.4. The highest BCUT2D eigenvalue weighted by Gasteiger charge is 2.25. The molecule has 0 saturated carbocycles. The molecule has 0 aliphatic carbocycles. The molecule has 2 N–H and O–H groups in total. The van der Waals surface area contributed by atoms with E-state index in [4.69, 9.17) is 0 Å². The van der Waals surface area contributed by atoms with Gasteiger partial charge in [-0.3, -0.25) is 4.99 Å². The van der Waals surface area contributed by atoms with E-state index in [9.17, 15) is 8.42 Å². The molecule has 0 aromatic heterocycles. The fourth-order valence-electron chi connectivity index (χ4n) is 2.90. The first-order valence-electron chi connectivity index (χ1n) is 8.52. The first kappa shape index (κ1) is 18.7. The Labute approximate surface area is 145 Å². The minimum absolute atomic E-state index is 0.425. The molecule has 1 aromatic rings. The molecule has 6 nitrogen and oxygen atoms in total. The van der Waals surface area contributed by atoms with Crippen molar-refractivity contribution in [1.29, 1.82) is 0 Å². The molecule has 0 spiro atoms. The van der Waals surface area contributed by atoms with E-state index in [1.165, 1.54) is 11.8 Å². The van der Waals surface area contributed by atoms with Crippen molar-refractivity contribution < 1.29 is 8.42 Å². The molecule has 0 bridgehead atoms. The van der Waals surface area contributed by atoms with Crippen LogP contribution < -0.4 is 10.0 Å². The van der Waals surface area contributed by atoms with Gasteiger partial charge in [-0.2, -0.15) is 0 Å². The minimum atomic E-state index is -3.11. The highest BCUT2D eigenvalue weighted by molar-refractivity contribution is 7.88. The zero-order valence-corrected chi connectivity index (χ0v) is 15.3. The van der Waals surface area contributed by atoms with Gasteiger partial charge in [0.05, 0.1) is 6.26 Å². The zero-order valence-electron chi connectivity index (χ0n) is 14.5. The quantitative estimate of drug-likeness (QED) is 0.442. The summed E-state index contributed by atoms with van der Waals surface area (Å²) < 4.78 is 24.6. The molecule has 1 unspecified atom stereocenters. The maximum absolute atomic E-state index is 11.0. The van der Waals surface area contributed by atoms with E-state index in [2.05, 4.69) is 51.1 Å². The van der Waals surface area contributed by atoms with Crippen molar-refractivity contribution >= 4 is 16.0 Å². The second-order valence-corrected chi connectivity index (χ2v) is 7.93. The first-order chi connectivity index (χ1) is 11.5. The molecule has 1 fully saturated rings. The lowest BCUT2D eigenvalue weighted by Crippen LogP contribution is -2.40. The van der Waals surface area contributed by atoms with Gasteiger partial charge in [-0.15, -0.1) is 0 Å². The number of hydrogen-bond donors (Lipinski definition) is 2. The van der Waals surface area contributed by atoms with Gasteiger partial charge in [0.2, 0.25) is 10.0 Å². The molecule has 1 aliphatic rings. The number of guanidine groups is 1. The summed E-state index contributed by atoms with van der Waals surface area (Å²) in [5.74, 6) is 1.47. The predicted molar refractivity (Wildman–Crippen MR) is 98.8 cm³/mol. The molecule has 24 heavy (non-hydrogen) atoms. The number of nitrogens with zero attached hydrogens (tertiary/aromatic N) is 2. The molecule has 1 saturated heterocycles. The summed E-state index contributed by atoms with van der Waals surface area (Å²) >= 11 is 0. The van der Waals surface area contributed by atoms with Crippen LogP contribution in [0, 0.1) is 0 Å². The van der Waals surface area contributed by atoms with Crippen molar-refractivity contribution in [2.75, 3.05) is 39.0 Å². The average Bonchev–Trinajstić information content (AvgIpc) is 3.03. The lowest BCUT2D eigenvalue weighted by molar-refractivity contribution is 0.485. The van der Waals surface area contributed by atoms with E-state index in [1.807, 2.05) is 6.07 Å². The smallest absolute Gasteiger partial charge is 0.208 e. The van der Waals surface area contributed by atoms with Crippen LogP contribution in [0.1, 0.15) is 31.2 Å². The topological polar surface area (TPSA) is 73.8 Å². The molecule has 0 amide bonds. The van der Waals surface area contributed by atoms with Crippen LogP contribution in [0.25, 0.3) is 0 Å². The highest BCUT2D eigenvalue weighted by Crippen LogP contribution is 2.26. The van der Waals surface area contributed by atoms with E-state index in [0.717, 1.165) is 32.0 Å². The fraction of sp³-hybridized carbons (Fsp3) is 0.588. The van der Waals surface area contributed by atoms with Crippen LogP contribution >= 0.6 is 0 Å². The molecular formula is C17H28N4O2S. The van der Waals surface area contributed by atoms with E-state index < -0.39 is 10.0 Å². The Morgan fingerprint density at radius 1 is 1.33 bits per heavy atom. The Morgan fingerprint density at radius 2 is 2.08 bits per heavy atom. The molecule has 1 atom stereocenters. The van der Waals surface area contributed by atoms with Gasteiger partial charge in [-0.25, -0.2) is 13.1 Å².